The first-order chi connectivity index (χ1) is 13.3. The number of pyridine rings is 1. The standard InChI is InChI=1S/C24H25N4/c1-14-11-15(2)16(3)22(12-14)23-21-8-7-20(13-19(21)9-10-28(23)6)24-26-17(4)25-18(5)27-24/h7-13H,1-6H3/q+1. The first-order valence-electron chi connectivity index (χ1n) is 9.54. The topological polar surface area (TPSA) is 42.6 Å². The van der Waals surface area contributed by atoms with Gasteiger partial charge in [-0.3, -0.25) is 0 Å². The molecule has 2 aromatic carbocycles. The lowest BCUT2D eigenvalue weighted by Gasteiger charge is -2.12. The second kappa shape index (κ2) is 6.79. The van der Waals surface area contributed by atoms with Gasteiger partial charge in [0.15, 0.2) is 12.0 Å². The van der Waals surface area contributed by atoms with Crippen molar-refractivity contribution in [3.05, 3.63) is 70.9 Å². The Morgan fingerprint density at radius 1 is 0.786 bits per heavy atom. The molecule has 0 fully saturated rings. The maximum absolute atomic E-state index is 4.52. The van der Waals surface area contributed by atoms with Gasteiger partial charge < -0.3 is 0 Å². The van der Waals surface area contributed by atoms with Gasteiger partial charge in [-0.25, -0.2) is 19.5 Å². The second-order valence-corrected chi connectivity index (χ2v) is 7.59. The number of fused-ring (bicyclic) bond motifs is 1. The Bertz CT molecular complexity index is 1200. The number of aryl methyl sites for hydroxylation is 5. The summed E-state index contributed by atoms with van der Waals surface area (Å²) < 4.78 is 2.21. The highest BCUT2D eigenvalue weighted by atomic mass is 15.0. The molecule has 4 heteroatoms. The van der Waals surface area contributed by atoms with Gasteiger partial charge in [0.2, 0.25) is 5.69 Å². The molecular formula is C24H25N4+. The first kappa shape index (κ1) is 18.2. The number of hydrogen-bond donors (Lipinski definition) is 0. The van der Waals surface area contributed by atoms with Crippen molar-refractivity contribution < 1.29 is 4.57 Å². The van der Waals surface area contributed by atoms with Gasteiger partial charge in [0.25, 0.3) is 0 Å². The lowest BCUT2D eigenvalue weighted by atomic mass is 9.94. The van der Waals surface area contributed by atoms with Gasteiger partial charge in [0.05, 0.1) is 10.9 Å². The van der Waals surface area contributed by atoms with Gasteiger partial charge in [0.1, 0.15) is 18.7 Å². The Hall–Kier alpha value is -3.14. The molecule has 0 spiro atoms. The third-order valence-corrected chi connectivity index (χ3v) is 5.32. The molecule has 0 aliphatic heterocycles. The molecule has 0 unspecified atom stereocenters. The normalized spacial score (nSPS) is 11.2. The van der Waals surface area contributed by atoms with Crippen molar-refractivity contribution in [2.75, 3.05) is 0 Å². The van der Waals surface area contributed by atoms with Crippen LogP contribution in [0.2, 0.25) is 0 Å². The fraction of sp³-hybridized carbons (Fsp3) is 0.250. The summed E-state index contributed by atoms with van der Waals surface area (Å²) in [5, 5.41) is 2.41. The van der Waals surface area contributed by atoms with Crippen molar-refractivity contribution in [2.45, 2.75) is 34.6 Å². The van der Waals surface area contributed by atoms with Crippen LogP contribution in [-0.4, -0.2) is 15.0 Å². The van der Waals surface area contributed by atoms with Crippen LogP contribution in [0, 0.1) is 34.6 Å². The van der Waals surface area contributed by atoms with E-state index in [0.29, 0.717) is 0 Å². The third kappa shape index (κ3) is 3.15. The highest BCUT2D eigenvalue weighted by Crippen LogP contribution is 2.32. The summed E-state index contributed by atoms with van der Waals surface area (Å²) >= 11 is 0. The molecule has 0 bridgehead atoms. The van der Waals surface area contributed by atoms with Crippen LogP contribution in [0.4, 0.5) is 0 Å². The van der Waals surface area contributed by atoms with E-state index in [2.05, 4.69) is 89.9 Å². The van der Waals surface area contributed by atoms with Crippen LogP contribution in [0.25, 0.3) is 33.4 Å². The molecule has 28 heavy (non-hydrogen) atoms. The summed E-state index contributed by atoms with van der Waals surface area (Å²) in [4.78, 5) is 13.3. The zero-order valence-corrected chi connectivity index (χ0v) is 17.3. The van der Waals surface area contributed by atoms with Crippen molar-refractivity contribution in [1.29, 1.82) is 0 Å². The summed E-state index contributed by atoms with van der Waals surface area (Å²) in [5.41, 5.74) is 7.45. The Labute approximate surface area is 166 Å². The summed E-state index contributed by atoms with van der Waals surface area (Å²) in [6.45, 7) is 10.3. The average molecular weight is 369 g/mol. The van der Waals surface area contributed by atoms with Crippen molar-refractivity contribution in [3.8, 4) is 22.6 Å². The smallest absolute Gasteiger partial charge is 0.219 e. The Balaban J connectivity index is 1.96. The van der Waals surface area contributed by atoms with Gasteiger partial charge in [0, 0.05) is 11.6 Å². The number of aromatic nitrogens is 4. The summed E-state index contributed by atoms with van der Waals surface area (Å²) in [6, 6.07) is 13.1. The predicted molar refractivity (Wildman–Crippen MR) is 113 cm³/mol. The van der Waals surface area contributed by atoms with Gasteiger partial charge in [-0.2, -0.15) is 0 Å². The van der Waals surface area contributed by atoms with E-state index in [4.69, 9.17) is 0 Å². The van der Waals surface area contributed by atoms with Gasteiger partial charge in [-0.15, -0.1) is 0 Å². The minimum absolute atomic E-state index is 0.726. The van der Waals surface area contributed by atoms with Crippen LogP contribution in [0.15, 0.2) is 42.6 Å². The first-order valence-corrected chi connectivity index (χ1v) is 9.54. The highest BCUT2D eigenvalue weighted by molar-refractivity contribution is 5.95. The molecule has 140 valence electrons. The molecule has 0 N–H and O–H groups in total. The monoisotopic (exact) mass is 369 g/mol. The van der Waals surface area contributed by atoms with Crippen LogP contribution < -0.4 is 4.57 Å². The summed E-state index contributed by atoms with van der Waals surface area (Å²) in [5.74, 6) is 2.21. The van der Waals surface area contributed by atoms with Crippen LogP contribution in [0.1, 0.15) is 28.3 Å². The van der Waals surface area contributed by atoms with E-state index in [1.807, 2.05) is 13.8 Å². The summed E-state index contributed by atoms with van der Waals surface area (Å²) in [7, 11) is 2.11. The average Bonchev–Trinajstić information content (AvgIpc) is 2.64. The molecule has 0 radical (unpaired) electrons. The van der Waals surface area contributed by atoms with Gasteiger partial charge in [-0.05, 0) is 69.3 Å². The minimum Gasteiger partial charge on any atom is -0.219 e. The Morgan fingerprint density at radius 3 is 2.21 bits per heavy atom. The van der Waals surface area contributed by atoms with E-state index in [9.17, 15) is 0 Å². The molecule has 2 aromatic heterocycles. The van der Waals surface area contributed by atoms with Crippen LogP contribution in [-0.2, 0) is 7.05 Å². The van der Waals surface area contributed by atoms with E-state index in [0.717, 1.165) is 23.0 Å². The zero-order valence-electron chi connectivity index (χ0n) is 17.3. The fourth-order valence-corrected chi connectivity index (χ4v) is 3.88. The van der Waals surface area contributed by atoms with Gasteiger partial charge in [-0.1, -0.05) is 17.7 Å². The number of benzene rings is 2. The van der Waals surface area contributed by atoms with Crippen LogP contribution in [0.5, 0.6) is 0 Å². The van der Waals surface area contributed by atoms with E-state index in [1.165, 1.54) is 38.7 Å². The minimum atomic E-state index is 0.726. The molecule has 0 aliphatic carbocycles. The lowest BCUT2D eigenvalue weighted by molar-refractivity contribution is -0.659. The number of nitrogens with zero attached hydrogens (tertiary/aromatic N) is 4. The quantitative estimate of drug-likeness (QED) is 0.480. The fourth-order valence-electron chi connectivity index (χ4n) is 3.88. The number of rotatable bonds is 2. The molecular weight excluding hydrogens is 344 g/mol. The SMILES string of the molecule is Cc1cc(C)c(C)c(-c2c3ccc(-c4nc(C)nc(C)n4)cc3cc[n+]2C)c1. The largest absolute Gasteiger partial charge is 0.220 e. The van der Waals surface area contributed by atoms with Crippen LogP contribution >= 0.6 is 0 Å². The van der Waals surface area contributed by atoms with Crippen molar-refractivity contribution >= 4 is 10.8 Å². The molecule has 0 aliphatic rings. The maximum Gasteiger partial charge on any atom is 0.220 e. The van der Waals surface area contributed by atoms with Crippen molar-refractivity contribution in [1.82, 2.24) is 15.0 Å². The summed E-state index contributed by atoms with van der Waals surface area (Å²) in [6.07, 6.45) is 2.13. The molecule has 0 saturated carbocycles. The molecule has 0 amide bonds. The molecule has 0 atom stereocenters. The van der Waals surface area contributed by atoms with Crippen molar-refractivity contribution in [3.63, 3.8) is 0 Å². The Morgan fingerprint density at radius 2 is 1.50 bits per heavy atom. The van der Waals surface area contributed by atoms with E-state index < -0.39 is 0 Å². The lowest BCUT2D eigenvalue weighted by Crippen LogP contribution is -2.30. The van der Waals surface area contributed by atoms with Crippen molar-refractivity contribution in [2.24, 2.45) is 7.05 Å². The number of hydrogen-bond acceptors (Lipinski definition) is 3. The molecule has 4 aromatic rings. The van der Waals surface area contributed by atoms with Gasteiger partial charge >= 0.3 is 0 Å². The molecule has 4 rings (SSSR count). The Kier molecular flexibility index (Phi) is 4.42. The van der Waals surface area contributed by atoms with E-state index in [1.54, 1.807) is 0 Å². The second-order valence-electron chi connectivity index (χ2n) is 7.59. The predicted octanol–water partition coefficient (Wildman–Crippen LogP) is 4.73. The van der Waals surface area contributed by atoms with Crippen LogP contribution in [0.3, 0.4) is 0 Å². The molecule has 4 nitrogen and oxygen atoms in total. The molecule has 0 saturated heterocycles. The highest BCUT2D eigenvalue weighted by Gasteiger charge is 2.19. The zero-order chi connectivity index (χ0) is 20.0. The molecule has 2 heterocycles. The van der Waals surface area contributed by atoms with E-state index in [-0.39, 0.29) is 0 Å². The maximum atomic E-state index is 4.52. The third-order valence-electron chi connectivity index (χ3n) is 5.32. The van der Waals surface area contributed by atoms with E-state index >= 15 is 0 Å².